The van der Waals surface area contributed by atoms with E-state index in [1.54, 1.807) is 0 Å². The Morgan fingerprint density at radius 3 is 2.71 bits per heavy atom. The van der Waals surface area contributed by atoms with Gasteiger partial charge in [-0.05, 0) is 40.9 Å². The molecule has 0 spiro atoms. The predicted molar refractivity (Wildman–Crippen MR) is 66.9 cm³/mol. The van der Waals surface area contributed by atoms with Crippen molar-refractivity contribution in [2.75, 3.05) is 5.32 Å². The summed E-state index contributed by atoms with van der Waals surface area (Å²) >= 11 is 9.11. The molecular formula is C11H10BrClFNO2. The number of anilines is 1. The quantitative estimate of drug-likeness (QED) is 0.895. The first-order valence-electron chi connectivity index (χ1n) is 5.13. The van der Waals surface area contributed by atoms with E-state index < -0.39 is 17.7 Å². The lowest BCUT2D eigenvalue weighted by Crippen LogP contribution is -2.43. The molecule has 92 valence electrons. The summed E-state index contributed by atoms with van der Waals surface area (Å²) in [6.45, 7) is 0. The molecule has 2 N–H and O–H groups in total. The summed E-state index contributed by atoms with van der Waals surface area (Å²) in [6.07, 6.45) is 1.43. The summed E-state index contributed by atoms with van der Waals surface area (Å²) < 4.78 is 13.5. The molecule has 1 aliphatic rings. The molecule has 1 aromatic carbocycles. The fourth-order valence-electron chi connectivity index (χ4n) is 1.83. The van der Waals surface area contributed by atoms with E-state index in [-0.39, 0.29) is 11.1 Å². The zero-order chi connectivity index (χ0) is 12.6. The first kappa shape index (κ1) is 12.6. The molecule has 0 amide bonds. The van der Waals surface area contributed by atoms with Crippen LogP contribution < -0.4 is 5.32 Å². The first-order valence-corrected chi connectivity index (χ1v) is 6.30. The Bertz CT molecular complexity index is 446. The van der Waals surface area contributed by atoms with E-state index in [2.05, 4.69) is 21.2 Å². The van der Waals surface area contributed by atoms with Crippen LogP contribution in [0.25, 0.3) is 0 Å². The van der Waals surface area contributed by atoms with Crippen LogP contribution in [0.4, 0.5) is 10.1 Å². The fraction of sp³-hybridized carbons (Fsp3) is 0.364. The van der Waals surface area contributed by atoms with E-state index in [1.807, 2.05) is 0 Å². The van der Waals surface area contributed by atoms with E-state index in [0.29, 0.717) is 16.6 Å². The summed E-state index contributed by atoms with van der Waals surface area (Å²) in [5.41, 5.74) is 0.545. The second-order valence-corrected chi connectivity index (χ2v) is 5.28. The number of hydrogen-bond donors (Lipinski definition) is 2. The smallest absolute Gasteiger partial charge is 0.308 e. The van der Waals surface area contributed by atoms with Crippen molar-refractivity contribution in [2.24, 2.45) is 5.92 Å². The van der Waals surface area contributed by atoms with Gasteiger partial charge in [0, 0.05) is 10.5 Å². The molecule has 2 unspecified atom stereocenters. The third-order valence-corrected chi connectivity index (χ3v) is 3.85. The monoisotopic (exact) mass is 321 g/mol. The van der Waals surface area contributed by atoms with Crippen molar-refractivity contribution in [1.82, 2.24) is 0 Å². The topological polar surface area (TPSA) is 49.3 Å². The second-order valence-electron chi connectivity index (χ2n) is 4.02. The van der Waals surface area contributed by atoms with Crippen LogP contribution in [0.15, 0.2) is 16.6 Å². The lowest BCUT2D eigenvalue weighted by Gasteiger charge is -2.35. The number of hydrogen-bond acceptors (Lipinski definition) is 2. The third kappa shape index (κ3) is 2.55. The SMILES string of the molecule is O=C(O)C1CCC1Nc1c(Cl)cc(F)cc1Br. The van der Waals surface area contributed by atoms with Gasteiger partial charge in [-0.3, -0.25) is 4.79 Å². The Labute approximate surface area is 111 Å². The minimum Gasteiger partial charge on any atom is -0.481 e. The van der Waals surface area contributed by atoms with Crippen molar-refractivity contribution >= 4 is 39.2 Å². The molecule has 1 saturated carbocycles. The van der Waals surface area contributed by atoms with E-state index in [4.69, 9.17) is 16.7 Å². The molecule has 0 saturated heterocycles. The Hall–Kier alpha value is -0.810. The fourth-order valence-corrected chi connectivity index (χ4v) is 2.76. The van der Waals surface area contributed by atoms with Gasteiger partial charge in [0.05, 0.1) is 16.6 Å². The minimum atomic E-state index is -0.817. The molecular weight excluding hydrogens is 312 g/mol. The van der Waals surface area contributed by atoms with E-state index in [0.717, 1.165) is 6.42 Å². The maximum absolute atomic E-state index is 13.0. The lowest BCUT2D eigenvalue weighted by molar-refractivity contribution is -0.144. The van der Waals surface area contributed by atoms with Crippen LogP contribution in [0.5, 0.6) is 0 Å². The van der Waals surface area contributed by atoms with Crippen molar-refractivity contribution in [2.45, 2.75) is 18.9 Å². The van der Waals surface area contributed by atoms with Crippen LogP contribution in [-0.2, 0) is 4.79 Å². The Morgan fingerprint density at radius 1 is 1.53 bits per heavy atom. The molecule has 6 heteroatoms. The van der Waals surface area contributed by atoms with Gasteiger partial charge in [-0.2, -0.15) is 0 Å². The molecule has 3 nitrogen and oxygen atoms in total. The number of carboxylic acids is 1. The normalized spacial score (nSPS) is 23.0. The zero-order valence-electron chi connectivity index (χ0n) is 8.71. The second kappa shape index (κ2) is 4.82. The number of carbonyl (C=O) groups is 1. The lowest BCUT2D eigenvalue weighted by atomic mass is 9.79. The van der Waals surface area contributed by atoms with Gasteiger partial charge in [-0.25, -0.2) is 4.39 Å². The van der Waals surface area contributed by atoms with Gasteiger partial charge in [0.15, 0.2) is 0 Å². The Balaban J connectivity index is 2.17. The molecule has 1 fully saturated rings. The van der Waals surface area contributed by atoms with Crippen LogP contribution >= 0.6 is 27.5 Å². The van der Waals surface area contributed by atoms with Crippen molar-refractivity contribution in [3.05, 3.63) is 27.4 Å². The molecule has 0 aromatic heterocycles. The number of benzene rings is 1. The highest BCUT2D eigenvalue weighted by atomic mass is 79.9. The van der Waals surface area contributed by atoms with Crippen molar-refractivity contribution in [1.29, 1.82) is 0 Å². The Morgan fingerprint density at radius 2 is 2.24 bits per heavy atom. The van der Waals surface area contributed by atoms with Gasteiger partial charge >= 0.3 is 5.97 Å². The van der Waals surface area contributed by atoms with E-state index >= 15 is 0 Å². The van der Waals surface area contributed by atoms with Crippen LogP contribution in [0, 0.1) is 11.7 Å². The van der Waals surface area contributed by atoms with Gasteiger partial charge in [-0.1, -0.05) is 11.6 Å². The van der Waals surface area contributed by atoms with Crippen LogP contribution in [0.1, 0.15) is 12.8 Å². The molecule has 1 aromatic rings. The molecule has 2 rings (SSSR count). The van der Waals surface area contributed by atoms with Gasteiger partial charge in [-0.15, -0.1) is 0 Å². The number of nitrogens with one attached hydrogen (secondary N) is 1. The van der Waals surface area contributed by atoms with Crippen molar-refractivity contribution in [3.63, 3.8) is 0 Å². The van der Waals surface area contributed by atoms with Gasteiger partial charge < -0.3 is 10.4 Å². The van der Waals surface area contributed by atoms with Crippen LogP contribution in [0.2, 0.25) is 5.02 Å². The van der Waals surface area contributed by atoms with Gasteiger partial charge in [0.1, 0.15) is 5.82 Å². The average molecular weight is 323 g/mol. The molecule has 1 aliphatic carbocycles. The summed E-state index contributed by atoms with van der Waals surface area (Å²) in [7, 11) is 0. The number of halogens is 3. The summed E-state index contributed by atoms with van der Waals surface area (Å²) in [4.78, 5) is 10.9. The summed E-state index contributed by atoms with van der Waals surface area (Å²) in [5.74, 6) is -1.65. The zero-order valence-corrected chi connectivity index (χ0v) is 11.1. The predicted octanol–water partition coefficient (Wildman–Crippen LogP) is 3.52. The summed E-state index contributed by atoms with van der Waals surface area (Å²) in [6, 6.07) is 2.35. The third-order valence-electron chi connectivity index (χ3n) is 2.93. The van der Waals surface area contributed by atoms with E-state index in [1.165, 1.54) is 12.1 Å². The van der Waals surface area contributed by atoms with E-state index in [9.17, 15) is 9.18 Å². The van der Waals surface area contributed by atoms with Crippen molar-refractivity contribution < 1.29 is 14.3 Å². The Kier molecular flexibility index (Phi) is 3.58. The standard InChI is InChI=1S/C11H10BrClFNO2/c12-7-3-5(14)4-8(13)10(7)15-9-2-1-6(9)11(16)17/h3-4,6,9,15H,1-2H2,(H,16,17). The number of carboxylic acid groups (broad SMARTS) is 1. The molecule has 0 bridgehead atoms. The first-order chi connectivity index (χ1) is 7.99. The maximum Gasteiger partial charge on any atom is 0.308 e. The minimum absolute atomic E-state index is 0.147. The highest BCUT2D eigenvalue weighted by molar-refractivity contribution is 9.10. The maximum atomic E-state index is 13.0. The molecule has 0 heterocycles. The molecule has 0 radical (unpaired) electrons. The van der Waals surface area contributed by atoms with Crippen molar-refractivity contribution in [3.8, 4) is 0 Å². The highest BCUT2D eigenvalue weighted by Crippen LogP contribution is 2.37. The molecule has 17 heavy (non-hydrogen) atoms. The largest absolute Gasteiger partial charge is 0.481 e. The molecule has 2 atom stereocenters. The average Bonchev–Trinajstić information content (AvgIpc) is 2.12. The number of rotatable bonds is 3. The highest BCUT2D eigenvalue weighted by Gasteiger charge is 2.37. The van der Waals surface area contributed by atoms with Crippen LogP contribution in [0.3, 0.4) is 0 Å². The van der Waals surface area contributed by atoms with Crippen LogP contribution in [-0.4, -0.2) is 17.1 Å². The van der Waals surface area contributed by atoms with Gasteiger partial charge in [0.25, 0.3) is 0 Å². The van der Waals surface area contributed by atoms with Gasteiger partial charge in [0.2, 0.25) is 0 Å². The molecule has 0 aliphatic heterocycles. The summed E-state index contributed by atoms with van der Waals surface area (Å²) in [5, 5.41) is 12.2. The number of aliphatic carboxylic acids is 1.